The molecule has 0 bridgehead atoms. The van der Waals surface area contributed by atoms with Crippen LogP contribution in [0.5, 0.6) is 0 Å². The van der Waals surface area contributed by atoms with Crippen molar-refractivity contribution in [2.75, 3.05) is 6.54 Å². The molecule has 0 aliphatic rings. The van der Waals surface area contributed by atoms with Gasteiger partial charge in [0.1, 0.15) is 0 Å². The van der Waals surface area contributed by atoms with Gasteiger partial charge in [0.2, 0.25) is 0 Å². The maximum Gasteiger partial charge on any atom is 0.0673 e. The molecule has 20 heavy (non-hydrogen) atoms. The van der Waals surface area contributed by atoms with Crippen molar-refractivity contribution in [3.05, 3.63) is 60.2 Å². The fourth-order valence-electron chi connectivity index (χ4n) is 2.47. The Bertz CT molecular complexity index is 498. The van der Waals surface area contributed by atoms with Crippen molar-refractivity contribution >= 4 is 0 Å². The Kier molecular flexibility index (Phi) is 5.21. The first-order valence-electron chi connectivity index (χ1n) is 7.01. The molecule has 2 unspecified atom stereocenters. The molecular formula is C16H22N4. The van der Waals surface area contributed by atoms with Gasteiger partial charge in [0, 0.05) is 31.2 Å². The highest BCUT2D eigenvalue weighted by atomic mass is 15.2. The van der Waals surface area contributed by atoms with Crippen LogP contribution in [0.15, 0.2) is 48.9 Å². The van der Waals surface area contributed by atoms with E-state index in [9.17, 15) is 0 Å². The summed E-state index contributed by atoms with van der Waals surface area (Å²) in [6, 6.07) is 10.2. The molecule has 0 fully saturated rings. The van der Waals surface area contributed by atoms with Gasteiger partial charge in [-0.3, -0.25) is 14.9 Å². The summed E-state index contributed by atoms with van der Waals surface area (Å²) in [4.78, 5) is 10.9. The van der Waals surface area contributed by atoms with Crippen LogP contribution >= 0.6 is 0 Å². The SMILES string of the molecule is CCN(Cc1ccncc1)C(c1ccccn1)C(C)N. The molecule has 2 rings (SSSR count). The topological polar surface area (TPSA) is 55.0 Å². The maximum atomic E-state index is 6.20. The van der Waals surface area contributed by atoms with Crippen molar-refractivity contribution in [1.29, 1.82) is 0 Å². The molecule has 2 heterocycles. The summed E-state index contributed by atoms with van der Waals surface area (Å²) in [5.74, 6) is 0. The fourth-order valence-corrected chi connectivity index (χ4v) is 2.47. The third-order valence-electron chi connectivity index (χ3n) is 3.42. The van der Waals surface area contributed by atoms with Crippen molar-refractivity contribution < 1.29 is 0 Å². The van der Waals surface area contributed by atoms with E-state index in [-0.39, 0.29) is 12.1 Å². The molecular weight excluding hydrogens is 248 g/mol. The lowest BCUT2D eigenvalue weighted by atomic mass is 10.0. The van der Waals surface area contributed by atoms with Crippen molar-refractivity contribution in [3.8, 4) is 0 Å². The normalized spacial score (nSPS) is 14.2. The Hall–Kier alpha value is -1.78. The minimum absolute atomic E-state index is 0.0201. The molecule has 0 saturated carbocycles. The summed E-state index contributed by atoms with van der Waals surface area (Å²) in [5, 5.41) is 0. The second-order valence-electron chi connectivity index (χ2n) is 4.98. The summed E-state index contributed by atoms with van der Waals surface area (Å²) in [5.41, 5.74) is 8.47. The third kappa shape index (κ3) is 3.62. The predicted molar refractivity (Wildman–Crippen MR) is 80.9 cm³/mol. The van der Waals surface area contributed by atoms with E-state index in [0.717, 1.165) is 18.8 Å². The number of hydrogen-bond donors (Lipinski definition) is 1. The minimum atomic E-state index is 0.0201. The smallest absolute Gasteiger partial charge is 0.0673 e. The first-order chi connectivity index (χ1) is 9.72. The Balaban J connectivity index is 2.22. The van der Waals surface area contributed by atoms with Gasteiger partial charge in [-0.15, -0.1) is 0 Å². The lowest BCUT2D eigenvalue weighted by Gasteiger charge is -2.33. The van der Waals surface area contributed by atoms with E-state index in [2.05, 4.69) is 21.8 Å². The lowest BCUT2D eigenvalue weighted by Crippen LogP contribution is -2.39. The predicted octanol–water partition coefficient (Wildman–Crippen LogP) is 2.39. The highest BCUT2D eigenvalue weighted by Gasteiger charge is 2.24. The van der Waals surface area contributed by atoms with Crippen LogP contribution in [0.1, 0.15) is 31.1 Å². The summed E-state index contributed by atoms with van der Waals surface area (Å²) < 4.78 is 0. The van der Waals surface area contributed by atoms with Gasteiger partial charge in [0.15, 0.2) is 0 Å². The summed E-state index contributed by atoms with van der Waals surface area (Å²) in [7, 11) is 0. The van der Waals surface area contributed by atoms with Crippen LogP contribution in [-0.4, -0.2) is 27.5 Å². The van der Waals surface area contributed by atoms with Crippen LogP contribution in [0.4, 0.5) is 0 Å². The van der Waals surface area contributed by atoms with Gasteiger partial charge in [-0.05, 0) is 43.3 Å². The third-order valence-corrected chi connectivity index (χ3v) is 3.42. The van der Waals surface area contributed by atoms with Gasteiger partial charge in [-0.25, -0.2) is 0 Å². The fraction of sp³-hybridized carbons (Fsp3) is 0.375. The van der Waals surface area contributed by atoms with E-state index in [4.69, 9.17) is 5.73 Å². The molecule has 4 heteroatoms. The van der Waals surface area contributed by atoms with Crippen LogP contribution < -0.4 is 5.73 Å². The first kappa shape index (κ1) is 14.6. The number of likely N-dealkylation sites (N-methyl/N-ethyl adjacent to an activating group) is 1. The monoisotopic (exact) mass is 270 g/mol. The van der Waals surface area contributed by atoms with E-state index in [1.54, 1.807) is 0 Å². The number of rotatable bonds is 6. The number of nitrogens with zero attached hydrogens (tertiary/aromatic N) is 3. The molecule has 0 aliphatic heterocycles. The van der Waals surface area contributed by atoms with Crippen molar-refractivity contribution in [2.45, 2.75) is 32.5 Å². The highest BCUT2D eigenvalue weighted by molar-refractivity contribution is 5.14. The zero-order chi connectivity index (χ0) is 14.4. The standard InChI is InChI=1S/C16H22N4/c1-3-20(12-14-7-10-18-11-8-14)16(13(2)17)15-6-4-5-9-19-15/h4-11,13,16H,3,12,17H2,1-2H3. The molecule has 0 saturated heterocycles. The highest BCUT2D eigenvalue weighted by Crippen LogP contribution is 2.23. The Morgan fingerprint density at radius 2 is 1.90 bits per heavy atom. The quantitative estimate of drug-likeness (QED) is 0.875. The number of hydrogen-bond acceptors (Lipinski definition) is 4. The average molecular weight is 270 g/mol. The molecule has 4 nitrogen and oxygen atoms in total. The zero-order valence-corrected chi connectivity index (χ0v) is 12.1. The van der Waals surface area contributed by atoms with Gasteiger partial charge >= 0.3 is 0 Å². The second-order valence-corrected chi connectivity index (χ2v) is 4.98. The molecule has 2 N–H and O–H groups in total. The summed E-state index contributed by atoms with van der Waals surface area (Å²) >= 11 is 0. The van der Waals surface area contributed by atoms with E-state index in [0.29, 0.717) is 0 Å². The van der Waals surface area contributed by atoms with E-state index < -0.39 is 0 Å². The first-order valence-corrected chi connectivity index (χ1v) is 7.01. The molecule has 0 radical (unpaired) electrons. The van der Waals surface area contributed by atoms with Gasteiger partial charge in [-0.2, -0.15) is 0 Å². The van der Waals surface area contributed by atoms with Gasteiger partial charge in [-0.1, -0.05) is 13.0 Å². The average Bonchev–Trinajstić information content (AvgIpc) is 2.48. The van der Waals surface area contributed by atoms with Crippen LogP contribution in [0, 0.1) is 0 Å². The molecule has 106 valence electrons. The van der Waals surface area contributed by atoms with Crippen molar-refractivity contribution in [1.82, 2.24) is 14.9 Å². The molecule has 2 aromatic heterocycles. The molecule has 0 amide bonds. The maximum absolute atomic E-state index is 6.20. The van der Waals surface area contributed by atoms with Crippen LogP contribution in [-0.2, 0) is 6.54 Å². The molecule has 2 atom stereocenters. The Morgan fingerprint density at radius 3 is 2.45 bits per heavy atom. The number of nitrogens with two attached hydrogens (primary N) is 1. The van der Waals surface area contributed by atoms with E-state index >= 15 is 0 Å². The second kappa shape index (κ2) is 7.12. The van der Waals surface area contributed by atoms with Crippen molar-refractivity contribution in [2.24, 2.45) is 5.73 Å². The van der Waals surface area contributed by atoms with Crippen LogP contribution in [0.25, 0.3) is 0 Å². The summed E-state index contributed by atoms with van der Waals surface area (Å²) in [6.45, 7) is 5.96. The number of aromatic nitrogens is 2. The zero-order valence-electron chi connectivity index (χ0n) is 12.1. The van der Waals surface area contributed by atoms with Gasteiger partial charge in [0.05, 0.1) is 11.7 Å². The lowest BCUT2D eigenvalue weighted by molar-refractivity contribution is 0.173. The van der Waals surface area contributed by atoms with Crippen molar-refractivity contribution in [3.63, 3.8) is 0 Å². The van der Waals surface area contributed by atoms with Gasteiger partial charge in [0.25, 0.3) is 0 Å². The summed E-state index contributed by atoms with van der Waals surface area (Å²) in [6.07, 6.45) is 5.47. The molecule has 0 aromatic carbocycles. The van der Waals surface area contributed by atoms with E-state index in [1.165, 1.54) is 5.56 Å². The molecule has 0 aliphatic carbocycles. The van der Waals surface area contributed by atoms with Gasteiger partial charge < -0.3 is 5.73 Å². The largest absolute Gasteiger partial charge is 0.326 e. The Labute approximate surface area is 120 Å². The van der Waals surface area contributed by atoms with Crippen LogP contribution in [0.2, 0.25) is 0 Å². The van der Waals surface area contributed by atoms with E-state index in [1.807, 2.05) is 55.8 Å². The molecule has 0 spiro atoms. The molecule has 2 aromatic rings. The Morgan fingerprint density at radius 1 is 1.15 bits per heavy atom. The minimum Gasteiger partial charge on any atom is -0.326 e. The van der Waals surface area contributed by atoms with Crippen LogP contribution in [0.3, 0.4) is 0 Å². The number of pyridine rings is 2.